The maximum absolute atomic E-state index is 13.3. The Labute approximate surface area is 127 Å². The van der Waals surface area contributed by atoms with E-state index in [0.29, 0.717) is 12.5 Å². The summed E-state index contributed by atoms with van der Waals surface area (Å²) in [6.07, 6.45) is 2.21. The van der Waals surface area contributed by atoms with Gasteiger partial charge in [0.05, 0.1) is 15.6 Å². The number of halogens is 4. The van der Waals surface area contributed by atoms with Crippen LogP contribution in [-0.2, 0) is 0 Å². The molecule has 1 unspecified atom stereocenters. The summed E-state index contributed by atoms with van der Waals surface area (Å²) in [5.74, 6) is -0.618. The first-order valence-corrected chi connectivity index (χ1v) is 6.43. The molecule has 0 aromatic heterocycles. The summed E-state index contributed by atoms with van der Waals surface area (Å²) in [7, 11) is 0. The van der Waals surface area contributed by atoms with Crippen molar-refractivity contribution in [3.8, 4) is 0 Å². The van der Waals surface area contributed by atoms with Gasteiger partial charge in [0.25, 0.3) is 5.91 Å². The molecule has 1 aliphatic carbocycles. The van der Waals surface area contributed by atoms with E-state index in [4.69, 9.17) is 28.9 Å². The highest BCUT2D eigenvalue weighted by molar-refractivity contribution is 6.36. The van der Waals surface area contributed by atoms with Gasteiger partial charge in [-0.15, -0.1) is 12.4 Å². The molecular weight excluding hydrogens is 314 g/mol. The SMILES string of the molecule is Cl.NC(CNC(=O)c1cc(F)c(Cl)cc1Cl)C1CC1. The lowest BCUT2D eigenvalue weighted by Crippen LogP contribution is -2.38. The van der Waals surface area contributed by atoms with E-state index in [2.05, 4.69) is 5.32 Å². The monoisotopic (exact) mass is 326 g/mol. The molecular formula is C12H14Cl3FN2O. The summed E-state index contributed by atoms with van der Waals surface area (Å²) in [6, 6.07) is 2.20. The Morgan fingerprint density at radius 3 is 2.63 bits per heavy atom. The molecule has 3 nitrogen and oxygen atoms in total. The largest absolute Gasteiger partial charge is 0.350 e. The van der Waals surface area contributed by atoms with Crippen molar-refractivity contribution in [2.24, 2.45) is 11.7 Å². The first kappa shape index (κ1) is 16.5. The quantitative estimate of drug-likeness (QED) is 0.835. The molecule has 2 rings (SSSR count). The van der Waals surface area contributed by atoms with Gasteiger partial charge in [-0.2, -0.15) is 0 Å². The molecule has 1 saturated carbocycles. The second kappa shape index (κ2) is 6.75. The third-order valence-corrected chi connectivity index (χ3v) is 3.58. The molecule has 0 radical (unpaired) electrons. The highest BCUT2D eigenvalue weighted by Gasteiger charge is 2.28. The fourth-order valence-corrected chi connectivity index (χ4v) is 2.16. The van der Waals surface area contributed by atoms with E-state index in [1.54, 1.807) is 0 Å². The molecule has 106 valence electrons. The predicted molar refractivity (Wildman–Crippen MR) is 76.7 cm³/mol. The topological polar surface area (TPSA) is 55.1 Å². The van der Waals surface area contributed by atoms with Crippen LogP contribution in [-0.4, -0.2) is 18.5 Å². The number of rotatable bonds is 4. The molecule has 3 N–H and O–H groups in total. The second-order valence-electron chi connectivity index (χ2n) is 4.46. The van der Waals surface area contributed by atoms with Crippen molar-refractivity contribution < 1.29 is 9.18 Å². The summed E-state index contributed by atoms with van der Waals surface area (Å²) in [4.78, 5) is 11.8. The number of benzene rings is 1. The number of amides is 1. The van der Waals surface area contributed by atoms with Crippen LogP contribution in [0.2, 0.25) is 10.0 Å². The zero-order valence-electron chi connectivity index (χ0n) is 9.96. The van der Waals surface area contributed by atoms with Crippen LogP contribution >= 0.6 is 35.6 Å². The van der Waals surface area contributed by atoms with Crippen LogP contribution in [0.1, 0.15) is 23.2 Å². The van der Waals surface area contributed by atoms with Crippen molar-refractivity contribution in [2.45, 2.75) is 18.9 Å². The van der Waals surface area contributed by atoms with Gasteiger partial charge in [0, 0.05) is 12.6 Å². The highest BCUT2D eigenvalue weighted by Crippen LogP contribution is 2.31. The number of nitrogens with one attached hydrogen (secondary N) is 1. The average Bonchev–Trinajstić information content (AvgIpc) is 3.14. The molecule has 1 atom stereocenters. The van der Waals surface area contributed by atoms with Crippen LogP contribution in [0.3, 0.4) is 0 Å². The fraction of sp³-hybridized carbons (Fsp3) is 0.417. The van der Waals surface area contributed by atoms with Gasteiger partial charge in [0.1, 0.15) is 5.82 Å². The van der Waals surface area contributed by atoms with Crippen LogP contribution in [0.25, 0.3) is 0 Å². The van der Waals surface area contributed by atoms with Gasteiger partial charge in [-0.3, -0.25) is 4.79 Å². The van der Waals surface area contributed by atoms with E-state index in [1.165, 1.54) is 6.07 Å². The lowest BCUT2D eigenvalue weighted by atomic mass is 10.1. The fourth-order valence-electron chi connectivity index (χ4n) is 1.69. The number of hydrogen-bond donors (Lipinski definition) is 2. The number of carbonyl (C=O) groups excluding carboxylic acids is 1. The maximum atomic E-state index is 13.3. The Hall–Kier alpha value is -0.550. The Morgan fingerprint density at radius 2 is 2.05 bits per heavy atom. The smallest absolute Gasteiger partial charge is 0.252 e. The number of carbonyl (C=O) groups is 1. The zero-order chi connectivity index (χ0) is 13.3. The van der Waals surface area contributed by atoms with Crippen LogP contribution < -0.4 is 11.1 Å². The molecule has 1 aliphatic rings. The van der Waals surface area contributed by atoms with Crippen molar-refractivity contribution in [3.05, 3.63) is 33.6 Å². The Balaban J connectivity index is 0.00000180. The Kier molecular flexibility index (Phi) is 5.86. The van der Waals surface area contributed by atoms with Crippen molar-refractivity contribution >= 4 is 41.5 Å². The standard InChI is InChI=1S/C12H13Cl2FN2O.ClH/c13-8-4-9(14)10(15)3-7(8)12(18)17-5-11(16)6-1-2-6;/h3-4,6,11H,1-2,5,16H2,(H,17,18);1H. The zero-order valence-corrected chi connectivity index (χ0v) is 12.3. The van der Waals surface area contributed by atoms with E-state index >= 15 is 0 Å². The number of nitrogens with two attached hydrogens (primary N) is 1. The van der Waals surface area contributed by atoms with Crippen molar-refractivity contribution in [1.29, 1.82) is 0 Å². The van der Waals surface area contributed by atoms with E-state index in [0.717, 1.165) is 18.9 Å². The lowest BCUT2D eigenvalue weighted by molar-refractivity contribution is 0.0950. The second-order valence-corrected chi connectivity index (χ2v) is 5.27. The number of hydrogen-bond acceptors (Lipinski definition) is 2. The molecule has 0 spiro atoms. The van der Waals surface area contributed by atoms with Gasteiger partial charge in [0.15, 0.2) is 0 Å². The summed E-state index contributed by atoms with van der Waals surface area (Å²) in [6.45, 7) is 0.365. The maximum Gasteiger partial charge on any atom is 0.252 e. The van der Waals surface area contributed by atoms with Crippen LogP contribution in [0.15, 0.2) is 12.1 Å². The molecule has 1 fully saturated rings. The van der Waals surface area contributed by atoms with Gasteiger partial charge in [-0.05, 0) is 30.9 Å². The lowest BCUT2D eigenvalue weighted by Gasteiger charge is -2.12. The Morgan fingerprint density at radius 1 is 1.42 bits per heavy atom. The normalized spacial score (nSPS) is 15.6. The van der Waals surface area contributed by atoms with Crippen molar-refractivity contribution in [2.75, 3.05) is 6.54 Å². The molecule has 19 heavy (non-hydrogen) atoms. The van der Waals surface area contributed by atoms with Crippen LogP contribution in [0, 0.1) is 11.7 Å². The van der Waals surface area contributed by atoms with Gasteiger partial charge < -0.3 is 11.1 Å². The minimum atomic E-state index is -0.669. The first-order valence-electron chi connectivity index (χ1n) is 5.67. The van der Waals surface area contributed by atoms with Gasteiger partial charge in [-0.25, -0.2) is 4.39 Å². The summed E-state index contributed by atoms with van der Waals surface area (Å²) >= 11 is 11.4. The Bertz CT molecular complexity index is 480. The first-order chi connectivity index (χ1) is 8.49. The van der Waals surface area contributed by atoms with Crippen molar-refractivity contribution in [1.82, 2.24) is 5.32 Å². The third-order valence-electron chi connectivity index (χ3n) is 2.98. The molecule has 0 aliphatic heterocycles. The van der Waals surface area contributed by atoms with Crippen molar-refractivity contribution in [3.63, 3.8) is 0 Å². The average molecular weight is 328 g/mol. The summed E-state index contributed by atoms with van der Waals surface area (Å²) in [5.41, 5.74) is 5.93. The summed E-state index contributed by atoms with van der Waals surface area (Å²) in [5, 5.41) is 2.67. The minimum absolute atomic E-state index is 0. The summed E-state index contributed by atoms with van der Waals surface area (Å²) < 4.78 is 13.3. The minimum Gasteiger partial charge on any atom is -0.350 e. The van der Waals surface area contributed by atoms with Gasteiger partial charge in [0.2, 0.25) is 0 Å². The van der Waals surface area contributed by atoms with E-state index < -0.39 is 11.7 Å². The third kappa shape index (κ3) is 4.21. The molecule has 0 bridgehead atoms. The molecule has 0 saturated heterocycles. The van der Waals surface area contributed by atoms with Crippen LogP contribution in [0.5, 0.6) is 0 Å². The molecule has 0 heterocycles. The van der Waals surface area contributed by atoms with Gasteiger partial charge >= 0.3 is 0 Å². The molecule has 1 aromatic carbocycles. The predicted octanol–water partition coefficient (Wildman–Crippen LogP) is 3.02. The highest BCUT2D eigenvalue weighted by atomic mass is 35.5. The molecule has 1 amide bonds. The van der Waals surface area contributed by atoms with Gasteiger partial charge in [-0.1, -0.05) is 23.2 Å². The van der Waals surface area contributed by atoms with E-state index in [9.17, 15) is 9.18 Å². The van der Waals surface area contributed by atoms with E-state index in [1.807, 2.05) is 0 Å². The van der Waals surface area contributed by atoms with E-state index in [-0.39, 0.29) is 34.1 Å². The van der Waals surface area contributed by atoms with Crippen LogP contribution in [0.4, 0.5) is 4.39 Å². The molecule has 7 heteroatoms. The molecule has 1 aromatic rings.